The van der Waals surface area contributed by atoms with Crippen molar-refractivity contribution in [2.75, 3.05) is 19.4 Å². The first kappa shape index (κ1) is 19.0. The molecule has 0 bridgehead atoms. The Balaban J connectivity index is 2.38. The Bertz CT molecular complexity index is 572. The molecule has 1 saturated heterocycles. The highest BCUT2D eigenvalue weighted by Crippen LogP contribution is 2.38. The third kappa shape index (κ3) is 3.83. The Morgan fingerprint density at radius 1 is 1.38 bits per heavy atom. The largest absolute Gasteiger partial charge is 0.481 e. The summed E-state index contributed by atoms with van der Waals surface area (Å²) in [6.07, 6.45) is 3.20. The van der Waals surface area contributed by atoms with Crippen LogP contribution < -0.4 is 0 Å². The highest BCUT2D eigenvalue weighted by molar-refractivity contribution is 7.99. The molecule has 1 amide bonds. The van der Waals surface area contributed by atoms with Crippen molar-refractivity contribution in [1.29, 1.82) is 0 Å². The van der Waals surface area contributed by atoms with Gasteiger partial charge in [-0.1, -0.05) is 20.8 Å². The van der Waals surface area contributed by atoms with E-state index in [4.69, 9.17) is 4.74 Å². The van der Waals surface area contributed by atoms with Crippen molar-refractivity contribution in [3.05, 3.63) is 11.1 Å². The van der Waals surface area contributed by atoms with Gasteiger partial charge in [0.25, 0.3) is 5.91 Å². The van der Waals surface area contributed by atoms with Crippen LogP contribution >= 0.6 is 11.8 Å². The lowest BCUT2D eigenvalue weighted by molar-refractivity contribution is -0.137. The molecule has 2 atom stereocenters. The molecule has 0 aromatic carbocycles. The van der Waals surface area contributed by atoms with E-state index in [1.165, 1.54) is 11.8 Å². The van der Waals surface area contributed by atoms with Gasteiger partial charge in [0.2, 0.25) is 0 Å². The Kier molecular flexibility index (Phi) is 5.75. The smallest absolute Gasteiger partial charge is 0.308 e. The van der Waals surface area contributed by atoms with Crippen molar-refractivity contribution in [3.8, 4) is 0 Å². The van der Waals surface area contributed by atoms with Crippen LogP contribution in [0.4, 0.5) is 0 Å². The minimum absolute atomic E-state index is 0.0428. The lowest BCUT2D eigenvalue weighted by atomic mass is 9.84. The molecular formula is C17H25NO5S. The zero-order valence-electron chi connectivity index (χ0n) is 14.6. The second-order valence-corrected chi connectivity index (χ2v) is 8.14. The van der Waals surface area contributed by atoms with Crippen LogP contribution in [0.2, 0.25) is 0 Å². The molecule has 1 N–H and O–H groups in total. The number of rotatable bonds is 6. The number of ether oxygens (including phenoxy) is 1. The summed E-state index contributed by atoms with van der Waals surface area (Å²) < 4.78 is 5.61. The van der Waals surface area contributed by atoms with Gasteiger partial charge in [0, 0.05) is 29.7 Å². The van der Waals surface area contributed by atoms with E-state index in [2.05, 4.69) is 0 Å². The summed E-state index contributed by atoms with van der Waals surface area (Å²) in [6.45, 7) is 6.43. The SMILES string of the molecule is CSC1C(C(=O)C(C)(C)C)=C(CC(=O)O)C(=O)N1CC1CCCO1. The van der Waals surface area contributed by atoms with E-state index >= 15 is 0 Å². The van der Waals surface area contributed by atoms with Gasteiger partial charge in [-0.3, -0.25) is 14.4 Å². The molecule has 2 rings (SSSR count). The fourth-order valence-corrected chi connectivity index (χ4v) is 4.03. The van der Waals surface area contributed by atoms with Gasteiger partial charge >= 0.3 is 5.97 Å². The maximum absolute atomic E-state index is 12.9. The van der Waals surface area contributed by atoms with Gasteiger partial charge in [0.05, 0.1) is 12.5 Å². The number of carboxylic acids is 1. The summed E-state index contributed by atoms with van der Waals surface area (Å²) in [5.41, 5.74) is -0.201. The van der Waals surface area contributed by atoms with Crippen LogP contribution in [0.3, 0.4) is 0 Å². The van der Waals surface area contributed by atoms with Crippen molar-refractivity contribution >= 4 is 29.4 Å². The maximum atomic E-state index is 12.9. The highest BCUT2D eigenvalue weighted by atomic mass is 32.2. The third-order valence-corrected chi connectivity index (χ3v) is 5.21. The lowest BCUT2D eigenvalue weighted by Crippen LogP contribution is -2.41. The fraction of sp³-hybridized carbons (Fsp3) is 0.706. The molecule has 0 aliphatic carbocycles. The Hall–Kier alpha value is -1.34. The van der Waals surface area contributed by atoms with E-state index in [1.54, 1.807) is 25.7 Å². The molecule has 1 fully saturated rings. The van der Waals surface area contributed by atoms with Gasteiger partial charge in [0.1, 0.15) is 5.37 Å². The number of carbonyl (C=O) groups excluding carboxylic acids is 2. The van der Waals surface area contributed by atoms with Gasteiger partial charge in [-0.2, -0.15) is 0 Å². The number of amides is 1. The fourth-order valence-electron chi connectivity index (χ4n) is 3.11. The van der Waals surface area contributed by atoms with E-state index in [0.717, 1.165) is 12.8 Å². The highest BCUT2D eigenvalue weighted by Gasteiger charge is 2.45. The normalized spacial score (nSPS) is 24.8. The number of hydrogen-bond acceptors (Lipinski definition) is 5. The minimum Gasteiger partial charge on any atom is -0.481 e. The molecule has 0 radical (unpaired) electrons. The molecule has 6 nitrogen and oxygen atoms in total. The van der Waals surface area contributed by atoms with Crippen molar-refractivity contribution in [2.45, 2.75) is 51.5 Å². The van der Waals surface area contributed by atoms with Gasteiger partial charge in [-0.15, -0.1) is 11.8 Å². The van der Waals surface area contributed by atoms with Crippen molar-refractivity contribution in [2.24, 2.45) is 5.41 Å². The van der Waals surface area contributed by atoms with E-state index in [1.807, 2.05) is 6.26 Å². The van der Waals surface area contributed by atoms with Crippen LogP contribution in [-0.4, -0.2) is 58.6 Å². The minimum atomic E-state index is -1.10. The zero-order chi connectivity index (χ0) is 18.1. The Morgan fingerprint density at radius 2 is 2.04 bits per heavy atom. The van der Waals surface area contributed by atoms with Crippen molar-refractivity contribution < 1.29 is 24.2 Å². The van der Waals surface area contributed by atoms with Crippen LogP contribution in [-0.2, 0) is 19.1 Å². The second-order valence-electron chi connectivity index (χ2n) is 7.22. The molecule has 24 heavy (non-hydrogen) atoms. The molecule has 7 heteroatoms. The molecule has 0 aromatic heterocycles. The monoisotopic (exact) mass is 355 g/mol. The molecule has 2 aliphatic heterocycles. The first-order chi connectivity index (χ1) is 11.2. The predicted octanol–water partition coefficient (Wildman–Crippen LogP) is 2.08. The molecule has 2 unspecified atom stereocenters. The lowest BCUT2D eigenvalue weighted by Gasteiger charge is -2.29. The summed E-state index contributed by atoms with van der Waals surface area (Å²) in [5.74, 6) is -1.61. The van der Waals surface area contributed by atoms with E-state index in [9.17, 15) is 19.5 Å². The van der Waals surface area contributed by atoms with E-state index in [-0.39, 0.29) is 23.4 Å². The van der Waals surface area contributed by atoms with Crippen LogP contribution in [0.15, 0.2) is 11.1 Å². The van der Waals surface area contributed by atoms with Crippen LogP contribution in [0.25, 0.3) is 0 Å². The topological polar surface area (TPSA) is 83.9 Å². The summed E-state index contributed by atoms with van der Waals surface area (Å²) in [7, 11) is 0. The number of hydrogen-bond donors (Lipinski definition) is 1. The van der Waals surface area contributed by atoms with Crippen molar-refractivity contribution in [3.63, 3.8) is 0 Å². The summed E-state index contributed by atoms with van der Waals surface area (Å²) in [6, 6.07) is 0. The molecule has 0 aromatic rings. The quantitative estimate of drug-likeness (QED) is 0.785. The first-order valence-corrected chi connectivity index (χ1v) is 9.40. The molecule has 2 heterocycles. The molecule has 134 valence electrons. The number of carbonyl (C=O) groups is 3. The molecule has 2 aliphatic rings. The molecule has 0 spiro atoms. The summed E-state index contributed by atoms with van der Waals surface area (Å²) >= 11 is 1.39. The standard InChI is InChI=1S/C17H25NO5S/c1-17(2,3)14(21)13-11(8-12(19)20)15(22)18(16(13)24-4)9-10-6-5-7-23-10/h10,16H,5-9H2,1-4H3,(H,19,20). The predicted molar refractivity (Wildman–Crippen MR) is 91.7 cm³/mol. The molecular weight excluding hydrogens is 330 g/mol. The third-order valence-electron chi connectivity index (χ3n) is 4.28. The number of thioether (sulfide) groups is 1. The van der Waals surface area contributed by atoms with Gasteiger partial charge < -0.3 is 14.7 Å². The van der Waals surface area contributed by atoms with Gasteiger partial charge in [-0.05, 0) is 19.1 Å². The second kappa shape index (κ2) is 7.27. The average Bonchev–Trinajstić information content (AvgIpc) is 3.07. The van der Waals surface area contributed by atoms with Gasteiger partial charge in [-0.25, -0.2) is 0 Å². The Labute approximate surface area is 146 Å². The van der Waals surface area contributed by atoms with E-state index in [0.29, 0.717) is 18.7 Å². The zero-order valence-corrected chi connectivity index (χ0v) is 15.4. The Morgan fingerprint density at radius 3 is 2.50 bits per heavy atom. The van der Waals surface area contributed by atoms with Crippen LogP contribution in [0.1, 0.15) is 40.0 Å². The maximum Gasteiger partial charge on any atom is 0.308 e. The van der Waals surface area contributed by atoms with Gasteiger partial charge in [0.15, 0.2) is 5.78 Å². The number of carboxylic acid groups (broad SMARTS) is 1. The summed E-state index contributed by atoms with van der Waals surface area (Å²) in [4.78, 5) is 38.5. The molecule has 0 saturated carbocycles. The number of ketones is 1. The number of Topliss-reactive ketones (excluding diaryl/α,β-unsaturated/α-hetero) is 1. The van der Waals surface area contributed by atoms with Crippen LogP contribution in [0.5, 0.6) is 0 Å². The average molecular weight is 355 g/mol. The van der Waals surface area contributed by atoms with Crippen LogP contribution in [0, 0.1) is 5.41 Å². The first-order valence-electron chi connectivity index (χ1n) is 8.11. The number of aliphatic carboxylic acids is 1. The van der Waals surface area contributed by atoms with E-state index < -0.39 is 23.2 Å². The van der Waals surface area contributed by atoms with Crippen molar-refractivity contribution in [1.82, 2.24) is 4.90 Å². The number of nitrogens with zero attached hydrogens (tertiary/aromatic N) is 1. The summed E-state index contributed by atoms with van der Waals surface area (Å²) in [5, 5.41) is 8.73.